The van der Waals surface area contributed by atoms with Crippen LogP contribution in [0.5, 0.6) is 0 Å². The molecule has 7 heavy (non-hydrogen) atoms. The molecular formula is C3H9FeN2Si. The summed E-state index contributed by atoms with van der Waals surface area (Å²) in [7, 11) is -1.26. The molecule has 0 radical (unpaired) electrons. The first kappa shape index (κ1) is 7.41. The van der Waals surface area contributed by atoms with E-state index >= 15 is 0 Å². The second-order valence-corrected chi connectivity index (χ2v) is 7.10. The first-order valence-corrected chi connectivity index (χ1v) is 6.02. The van der Waals surface area contributed by atoms with Crippen LogP contribution in [0.25, 0.3) is 8.98 Å². The van der Waals surface area contributed by atoms with Crippen LogP contribution in [-0.4, -0.2) is 8.24 Å². The molecule has 0 spiro atoms. The Kier molecular flexibility index (Phi) is 2.80. The minimum absolute atomic E-state index is 1.26. The second kappa shape index (κ2) is 2.65. The number of hydrogen-bond donors (Lipinski definition) is 0. The molecule has 0 aromatic carbocycles. The van der Waals surface area contributed by atoms with Crippen molar-refractivity contribution in [3.63, 3.8) is 0 Å². The Bertz CT molecular complexity index is 90.1. The normalized spacial score (nSPS) is 10.7. The topological polar surface area (TPSA) is 18.5 Å². The van der Waals surface area contributed by atoms with Crippen molar-refractivity contribution in [1.29, 1.82) is 0 Å². The van der Waals surface area contributed by atoms with Crippen LogP contribution in [0.1, 0.15) is 0 Å². The summed E-state index contributed by atoms with van der Waals surface area (Å²) in [4.78, 5) is 0. The standard InChI is InChI=1S/C3H9N2Si.Fe/c1-6(2,3)5-4;/h1-3H3;/q-1;+1. The number of hydrogen-bond acceptors (Lipinski definition) is 0. The van der Waals surface area contributed by atoms with Crippen LogP contribution in [0.15, 0.2) is 0 Å². The van der Waals surface area contributed by atoms with Gasteiger partial charge >= 0.3 is 52.5 Å². The molecule has 0 unspecified atom stereocenters. The van der Waals surface area contributed by atoms with E-state index in [0.29, 0.717) is 0 Å². The third-order valence-corrected chi connectivity index (χ3v) is 1.34. The number of rotatable bonds is 1. The SMILES string of the molecule is C[Si](C)(C)[N-][N+]#[Fe]. The summed E-state index contributed by atoms with van der Waals surface area (Å²) in [5.41, 5.74) is 0. The predicted molar refractivity (Wildman–Crippen MR) is 30.1 cm³/mol. The fraction of sp³-hybridized carbons (Fsp3) is 1.00. The Hall–Kier alpha value is 0.406. The van der Waals surface area contributed by atoms with Gasteiger partial charge in [0.05, 0.1) is 0 Å². The molecule has 0 saturated heterocycles. The van der Waals surface area contributed by atoms with Crippen molar-refractivity contribution in [2.75, 3.05) is 0 Å². The molecule has 0 fully saturated rings. The van der Waals surface area contributed by atoms with Crippen molar-refractivity contribution in [3.05, 3.63) is 8.98 Å². The average Bonchev–Trinajstić information content (AvgIpc) is 1.30. The Morgan fingerprint density at radius 2 is 1.86 bits per heavy atom. The fourth-order valence-electron chi connectivity index (χ4n) is 0.106. The van der Waals surface area contributed by atoms with Gasteiger partial charge in [-0.25, -0.2) is 0 Å². The minimum atomic E-state index is -1.26. The van der Waals surface area contributed by atoms with E-state index < -0.39 is 8.24 Å². The van der Waals surface area contributed by atoms with Crippen molar-refractivity contribution >= 4 is 8.24 Å². The van der Waals surface area contributed by atoms with Crippen molar-refractivity contribution in [1.82, 2.24) is 0 Å². The summed E-state index contributed by atoms with van der Waals surface area (Å²) in [6.07, 6.45) is 0. The van der Waals surface area contributed by atoms with Gasteiger partial charge in [0.15, 0.2) is 0 Å². The van der Waals surface area contributed by atoms with Crippen LogP contribution in [0.4, 0.5) is 0 Å². The van der Waals surface area contributed by atoms with E-state index in [0.717, 1.165) is 0 Å². The van der Waals surface area contributed by atoms with Crippen LogP contribution >= 0.6 is 0 Å². The van der Waals surface area contributed by atoms with Gasteiger partial charge in [0.1, 0.15) is 0 Å². The van der Waals surface area contributed by atoms with Crippen molar-refractivity contribution in [2.45, 2.75) is 19.6 Å². The van der Waals surface area contributed by atoms with Gasteiger partial charge < -0.3 is 0 Å². The Morgan fingerprint density at radius 1 is 1.43 bits per heavy atom. The summed E-state index contributed by atoms with van der Waals surface area (Å²) in [5.74, 6) is 0. The zero-order valence-electron chi connectivity index (χ0n) is 4.75. The van der Waals surface area contributed by atoms with Gasteiger partial charge in [-0.15, -0.1) is 0 Å². The zero-order chi connectivity index (χ0) is 5.91. The Balaban J connectivity index is 3.40. The van der Waals surface area contributed by atoms with Crippen molar-refractivity contribution in [3.8, 4) is 0 Å². The third-order valence-electron chi connectivity index (χ3n) is 0.335. The van der Waals surface area contributed by atoms with E-state index in [1.165, 1.54) is 0 Å². The molecule has 43 valence electrons. The summed E-state index contributed by atoms with van der Waals surface area (Å²) < 4.78 is 3.44. The van der Waals surface area contributed by atoms with E-state index in [1.54, 1.807) is 0 Å². The molecule has 0 saturated carbocycles. The zero-order valence-corrected chi connectivity index (χ0v) is 6.85. The summed E-state index contributed by atoms with van der Waals surface area (Å²) in [6, 6.07) is 0. The molecule has 0 bridgehead atoms. The van der Waals surface area contributed by atoms with Gasteiger partial charge in [-0.3, -0.25) is 0 Å². The van der Waals surface area contributed by atoms with Crippen LogP contribution in [0.3, 0.4) is 0 Å². The van der Waals surface area contributed by atoms with Gasteiger partial charge in [-0.1, -0.05) is 0 Å². The molecule has 0 aliphatic rings. The van der Waals surface area contributed by atoms with E-state index in [9.17, 15) is 0 Å². The molecule has 0 aromatic rings. The molecule has 4 heteroatoms. The fourth-order valence-corrected chi connectivity index (χ4v) is 1.31. The molecule has 0 amide bonds. The van der Waals surface area contributed by atoms with Gasteiger partial charge in [0.2, 0.25) is 0 Å². The third kappa shape index (κ3) is 6.41. The van der Waals surface area contributed by atoms with Crippen LogP contribution in [-0.2, 0) is 15.6 Å². The molecule has 0 atom stereocenters. The maximum atomic E-state index is 3.91. The molecule has 2 nitrogen and oxygen atoms in total. The molecule has 0 N–H and O–H groups in total. The molecule has 0 aliphatic carbocycles. The van der Waals surface area contributed by atoms with Crippen molar-refractivity contribution in [2.24, 2.45) is 0 Å². The molecule has 0 aromatic heterocycles. The first-order valence-electron chi connectivity index (χ1n) is 2.08. The van der Waals surface area contributed by atoms with Gasteiger partial charge in [-0.05, 0) is 0 Å². The second-order valence-electron chi connectivity index (χ2n) is 2.34. The van der Waals surface area contributed by atoms with Crippen molar-refractivity contribution < 1.29 is 15.6 Å². The molecule has 0 heterocycles. The van der Waals surface area contributed by atoms with E-state index in [2.05, 4.69) is 44.3 Å². The van der Waals surface area contributed by atoms with E-state index in [4.69, 9.17) is 0 Å². The van der Waals surface area contributed by atoms with Crippen LogP contribution in [0.2, 0.25) is 19.6 Å². The van der Waals surface area contributed by atoms with E-state index in [-0.39, 0.29) is 0 Å². The Morgan fingerprint density at radius 3 is 1.86 bits per heavy atom. The van der Waals surface area contributed by atoms with E-state index in [1.807, 2.05) is 0 Å². The van der Waals surface area contributed by atoms with Crippen LogP contribution < -0.4 is 0 Å². The monoisotopic (exact) mass is 157 g/mol. The average molecular weight is 157 g/mol. The summed E-state index contributed by atoms with van der Waals surface area (Å²) in [5, 5.41) is 3.91. The quantitative estimate of drug-likeness (QED) is 0.409. The predicted octanol–water partition coefficient (Wildman–Crippen LogP) is 1.95. The van der Waals surface area contributed by atoms with Gasteiger partial charge in [0, 0.05) is 0 Å². The molecule has 0 aliphatic heterocycles. The van der Waals surface area contributed by atoms with Gasteiger partial charge in [-0.2, -0.15) is 0 Å². The summed E-state index contributed by atoms with van der Waals surface area (Å²) in [6.45, 7) is 6.34. The first-order chi connectivity index (χ1) is 3.06. The molecule has 0 rings (SSSR count). The number of nitrogens with zero attached hydrogens (tertiary/aromatic N) is 2. The summed E-state index contributed by atoms with van der Waals surface area (Å²) >= 11 is 3.26. The Labute approximate surface area is 53.0 Å². The maximum absolute atomic E-state index is 3.91. The van der Waals surface area contributed by atoms with Gasteiger partial charge in [0.25, 0.3) is 0 Å². The van der Waals surface area contributed by atoms with Crippen LogP contribution in [0, 0.1) is 0 Å². The molecular weight excluding hydrogens is 148 g/mol.